The third-order valence-corrected chi connectivity index (χ3v) is 2.67. The highest BCUT2D eigenvalue weighted by molar-refractivity contribution is 6.31. The normalized spacial score (nSPS) is 12.6. The molecule has 0 spiro atoms. The lowest BCUT2D eigenvalue weighted by Gasteiger charge is -2.00. The van der Waals surface area contributed by atoms with E-state index in [1.807, 2.05) is 18.2 Å². The Kier molecular flexibility index (Phi) is 3.73. The Morgan fingerprint density at radius 2 is 2.18 bits per heavy atom. The van der Waals surface area contributed by atoms with Crippen LogP contribution >= 0.6 is 11.6 Å². The molecule has 2 rings (SSSR count). The van der Waals surface area contributed by atoms with Gasteiger partial charge in [0, 0.05) is 11.4 Å². The summed E-state index contributed by atoms with van der Waals surface area (Å²) in [4.78, 5) is 4.10. The second-order valence-electron chi connectivity index (χ2n) is 3.61. The summed E-state index contributed by atoms with van der Waals surface area (Å²) < 4.78 is 4.94. The van der Waals surface area contributed by atoms with E-state index in [4.69, 9.17) is 27.0 Å². The first-order valence-electron chi connectivity index (χ1n) is 5.13. The number of halogens is 1. The quantitative estimate of drug-likeness (QED) is 0.858. The van der Waals surface area contributed by atoms with Crippen LogP contribution in [0.1, 0.15) is 23.3 Å². The van der Waals surface area contributed by atoms with Crippen LogP contribution in [0.25, 0.3) is 0 Å². The summed E-state index contributed by atoms with van der Waals surface area (Å²) in [6.07, 6.45) is 0.474. The topological polar surface area (TPSA) is 85.2 Å². The molecule has 90 valence electrons. The van der Waals surface area contributed by atoms with Gasteiger partial charge in [-0.05, 0) is 11.6 Å². The Balaban J connectivity index is 2.14. The molecule has 3 N–H and O–H groups in total. The summed E-state index contributed by atoms with van der Waals surface area (Å²) in [6, 6.07) is 6.81. The van der Waals surface area contributed by atoms with Crippen LogP contribution in [0, 0.1) is 0 Å². The maximum Gasteiger partial charge on any atom is 0.245 e. The average molecular weight is 254 g/mol. The summed E-state index contributed by atoms with van der Waals surface area (Å²) >= 11 is 6.02. The van der Waals surface area contributed by atoms with E-state index in [-0.39, 0.29) is 12.5 Å². The van der Waals surface area contributed by atoms with Crippen LogP contribution in [0.15, 0.2) is 28.8 Å². The molecular weight excluding hydrogens is 242 g/mol. The zero-order valence-electron chi connectivity index (χ0n) is 9.01. The number of hydrogen-bond donors (Lipinski definition) is 2. The molecule has 0 saturated carbocycles. The maximum atomic E-state index is 8.86. The summed E-state index contributed by atoms with van der Waals surface area (Å²) in [7, 11) is 0. The van der Waals surface area contributed by atoms with E-state index in [2.05, 4.69) is 10.1 Å². The van der Waals surface area contributed by atoms with Gasteiger partial charge in [0.2, 0.25) is 5.89 Å². The van der Waals surface area contributed by atoms with Crippen LogP contribution in [-0.2, 0) is 6.42 Å². The Labute approximate surface area is 103 Å². The first kappa shape index (κ1) is 12.0. The highest BCUT2D eigenvalue weighted by atomic mass is 35.5. The molecule has 0 aliphatic carbocycles. The number of nitrogens with zero attached hydrogens (tertiary/aromatic N) is 2. The van der Waals surface area contributed by atoms with Crippen molar-refractivity contribution in [3.05, 3.63) is 46.6 Å². The predicted octanol–water partition coefficient (Wildman–Crippen LogP) is 1.31. The van der Waals surface area contributed by atoms with Gasteiger partial charge in [0.1, 0.15) is 6.04 Å². The predicted molar refractivity (Wildman–Crippen MR) is 62.6 cm³/mol. The fourth-order valence-electron chi connectivity index (χ4n) is 1.38. The molecule has 1 aromatic heterocycles. The van der Waals surface area contributed by atoms with Crippen LogP contribution in [0.5, 0.6) is 0 Å². The molecule has 1 aromatic carbocycles. The molecule has 0 unspecified atom stereocenters. The zero-order valence-corrected chi connectivity index (χ0v) is 9.76. The Morgan fingerprint density at radius 3 is 2.88 bits per heavy atom. The van der Waals surface area contributed by atoms with Crippen molar-refractivity contribution in [1.29, 1.82) is 0 Å². The van der Waals surface area contributed by atoms with Gasteiger partial charge in [-0.2, -0.15) is 4.98 Å². The number of hydrogen-bond acceptors (Lipinski definition) is 5. The SMILES string of the molecule is N[C@@H](CO)c1nc(Cc2ccccc2Cl)no1. The molecule has 0 aliphatic heterocycles. The van der Waals surface area contributed by atoms with Gasteiger partial charge < -0.3 is 15.4 Å². The van der Waals surface area contributed by atoms with Gasteiger partial charge in [-0.15, -0.1) is 0 Å². The Morgan fingerprint density at radius 1 is 1.41 bits per heavy atom. The summed E-state index contributed by atoms with van der Waals surface area (Å²) in [5.74, 6) is 0.728. The van der Waals surface area contributed by atoms with Crippen molar-refractivity contribution in [2.75, 3.05) is 6.61 Å². The van der Waals surface area contributed by atoms with Crippen LogP contribution in [0.3, 0.4) is 0 Å². The van der Waals surface area contributed by atoms with Crippen molar-refractivity contribution in [3.8, 4) is 0 Å². The standard InChI is InChI=1S/C11H12ClN3O2/c12-8-4-2-1-3-7(8)5-10-14-11(17-15-10)9(13)6-16/h1-4,9,16H,5-6,13H2/t9-/m0/s1. The van der Waals surface area contributed by atoms with Gasteiger partial charge in [-0.1, -0.05) is 35.0 Å². The van der Waals surface area contributed by atoms with E-state index in [0.29, 0.717) is 17.3 Å². The van der Waals surface area contributed by atoms with E-state index in [1.165, 1.54) is 0 Å². The largest absolute Gasteiger partial charge is 0.394 e. The molecule has 2 aromatic rings. The molecule has 1 atom stereocenters. The summed E-state index contributed by atoms with van der Waals surface area (Å²) in [6.45, 7) is -0.228. The van der Waals surface area contributed by atoms with E-state index < -0.39 is 6.04 Å². The molecule has 1 heterocycles. The lowest BCUT2D eigenvalue weighted by Crippen LogP contribution is -2.14. The molecule has 0 radical (unpaired) electrons. The number of rotatable bonds is 4. The third-order valence-electron chi connectivity index (χ3n) is 2.30. The van der Waals surface area contributed by atoms with Crippen molar-refractivity contribution < 1.29 is 9.63 Å². The summed E-state index contributed by atoms with van der Waals surface area (Å²) in [5.41, 5.74) is 6.47. The lowest BCUT2D eigenvalue weighted by molar-refractivity contribution is 0.236. The fraction of sp³-hybridized carbons (Fsp3) is 0.273. The van der Waals surface area contributed by atoms with Crippen molar-refractivity contribution in [3.63, 3.8) is 0 Å². The molecule has 0 aliphatic rings. The number of aromatic nitrogens is 2. The number of benzene rings is 1. The van der Waals surface area contributed by atoms with Crippen LogP contribution in [-0.4, -0.2) is 21.9 Å². The van der Waals surface area contributed by atoms with Gasteiger partial charge >= 0.3 is 0 Å². The minimum atomic E-state index is -0.637. The lowest BCUT2D eigenvalue weighted by atomic mass is 10.1. The molecule has 5 nitrogen and oxygen atoms in total. The molecule has 0 saturated heterocycles. The number of aliphatic hydroxyl groups is 1. The first-order valence-corrected chi connectivity index (χ1v) is 5.51. The number of nitrogens with two attached hydrogens (primary N) is 1. The van der Waals surface area contributed by atoms with E-state index in [0.717, 1.165) is 5.56 Å². The highest BCUT2D eigenvalue weighted by Crippen LogP contribution is 2.18. The second kappa shape index (κ2) is 5.27. The smallest absolute Gasteiger partial charge is 0.245 e. The van der Waals surface area contributed by atoms with Crippen molar-refractivity contribution in [2.45, 2.75) is 12.5 Å². The van der Waals surface area contributed by atoms with Gasteiger partial charge in [0.15, 0.2) is 5.82 Å². The molecule has 0 bridgehead atoms. The first-order chi connectivity index (χ1) is 8.20. The third kappa shape index (κ3) is 2.82. The molecule has 0 amide bonds. The number of aliphatic hydroxyl groups excluding tert-OH is 1. The minimum Gasteiger partial charge on any atom is -0.394 e. The van der Waals surface area contributed by atoms with Crippen LogP contribution in [0.2, 0.25) is 5.02 Å². The Bertz CT molecular complexity index is 501. The van der Waals surface area contributed by atoms with Gasteiger partial charge in [-0.3, -0.25) is 0 Å². The summed E-state index contributed by atoms with van der Waals surface area (Å²) in [5, 5.41) is 13.3. The zero-order chi connectivity index (χ0) is 12.3. The maximum absolute atomic E-state index is 8.86. The van der Waals surface area contributed by atoms with Crippen LogP contribution < -0.4 is 5.73 Å². The van der Waals surface area contributed by atoms with E-state index >= 15 is 0 Å². The fourth-order valence-corrected chi connectivity index (χ4v) is 1.58. The molecule has 17 heavy (non-hydrogen) atoms. The molecule has 6 heteroatoms. The molecular formula is C11H12ClN3O2. The van der Waals surface area contributed by atoms with Gasteiger partial charge in [0.25, 0.3) is 0 Å². The highest BCUT2D eigenvalue weighted by Gasteiger charge is 2.14. The van der Waals surface area contributed by atoms with Crippen molar-refractivity contribution >= 4 is 11.6 Å². The van der Waals surface area contributed by atoms with Crippen molar-refractivity contribution in [1.82, 2.24) is 10.1 Å². The second-order valence-corrected chi connectivity index (χ2v) is 4.01. The van der Waals surface area contributed by atoms with Crippen LogP contribution in [0.4, 0.5) is 0 Å². The van der Waals surface area contributed by atoms with Gasteiger partial charge in [0.05, 0.1) is 6.61 Å². The molecule has 0 fully saturated rings. The average Bonchev–Trinajstić information content (AvgIpc) is 2.80. The van der Waals surface area contributed by atoms with Crippen molar-refractivity contribution in [2.24, 2.45) is 5.73 Å². The van der Waals surface area contributed by atoms with E-state index in [9.17, 15) is 0 Å². The minimum absolute atomic E-state index is 0.228. The van der Waals surface area contributed by atoms with E-state index in [1.54, 1.807) is 6.07 Å². The monoisotopic (exact) mass is 253 g/mol. The van der Waals surface area contributed by atoms with Gasteiger partial charge in [-0.25, -0.2) is 0 Å². The Hall–Kier alpha value is -1.43.